The number of aryl methyl sites for hydroxylation is 1. The second kappa shape index (κ2) is 20.5. The average molecular weight is 883 g/mol. The molecule has 2 amide bonds. The first-order chi connectivity index (χ1) is 29.8. The Morgan fingerprint density at radius 3 is 2.24 bits per heavy atom. The van der Waals surface area contributed by atoms with E-state index in [9.17, 15) is 38.0 Å². The van der Waals surface area contributed by atoms with Crippen molar-refractivity contribution in [2.75, 3.05) is 17.2 Å². The van der Waals surface area contributed by atoms with E-state index >= 15 is 0 Å². The molecule has 6 aromatic carbocycles. The van der Waals surface area contributed by atoms with Crippen molar-refractivity contribution in [2.24, 2.45) is 10.2 Å². The quantitative estimate of drug-likeness (QED) is 0.0148. The average Bonchev–Trinajstić information content (AvgIpc) is 3.23. The fourth-order valence-electron chi connectivity index (χ4n) is 6.62. The van der Waals surface area contributed by atoms with Crippen molar-refractivity contribution in [3.8, 4) is 28.7 Å². The zero-order valence-electron chi connectivity index (χ0n) is 33.8. The number of benzene rings is 6. The summed E-state index contributed by atoms with van der Waals surface area (Å²) in [5.41, 5.74) is 1.14. The van der Waals surface area contributed by atoms with E-state index in [1.807, 2.05) is 25.1 Å². The molecule has 0 heterocycles. The topological polar surface area (TPSA) is 241 Å². The Kier molecular flexibility index (Phi) is 15.0. The Hall–Kier alpha value is -6.28. The van der Waals surface area contributed by atoms with Gasteiger partial charge in [0.2, 0.25) is 5.91 Å². The molecule has 0 aliphatic rings. The number of fused-ring (bicyclic) bond motifs is 2. The van der Waals surface area contributed by atoms with Gasteiger partial charge < -0.3 is 40.1 Å². The van der Waals surface area contributed by atoms with Gasteiger partial charge in [0, 0.05) is 23.1 Å². The SMILES string of the molecule is CCCCCCCCOc1ccc(C)cc1NC(=O)c1cc(Oc2ccc(N=Nc3c(SOO[O-])cc4cc(S(=O)(=O)[O-])cc(NC(C)=O)c4c3O)cc2)c2ccccc2c1O. The van der Waals surface area contributed by atoms with Gasteiger partial charge in [0.05, 0.1) is 51.1 Å². The first-order valence-corrected chi connectivity index (χ1v) is 21.6. The molecule has 324 valence electrons. The van der Waals surface area contributed by atoms with Gasteiger partial charge in [-0.3, -0.25) is 14.6 Å². The number of hydrogen-bond donors (Lipinski definition) is 4. The summed E-state index contributed by atoms with van der Waals surface area (Å²) in [6.45, 7) is 5.73. The van der Waals surface area contributed by atoms with E-state index in [4.69, 9.17) is 9.47 Å². The van der Waals surface area contributed by atoms with Crippen LogP contribution in [0.1, 0.15) is 68.3 Å². The van der Waals surface area contributed by atoms with E-state index in [2.05, 4.69) is 37.2 Å². The molecule has 6 aromatic rings. The first kappa shape index (κ1) is 45.3. The number of phenols is 2. The number of phenolic OH excluding ortho intramolecular Hbond substituents is 2. The third kappa shape index (κ3) is 11.1. The normalized spacial score (nSPS) is 11.6. The van der Waals surface area contributed by atoms with E-state index < -0.39 is 32.6 Å². The molecule has 0 aliphatic carbocycles. The van der Waals surface area contributed by atoms with Crippen LogP contribution in [0.25, 0.3) is 21.5 Å². The summed E-state index contributed by atoms with van der Waals surface area (Å²) < 4.78 is 52.4. The van der Waals surface area contributed by atoms with Gasteiger partial charge in [0.1, 0.15) is 38.8 Å². The number of nitrogens with one attached hydrogen (secondary N) is 2. The third-order valence-electron chi connectivity index (χ3n) is 9.57. The molecular weight excluding hydrogens is 841 g/mol. The van der Waals surface area contributed by atoms with E-state index in [0.29, 0.717) is 46.6 Å². The zero-order valence-corrected chi connectivity index (χ0v) is 35.4. The van der Waals surface area contributed by atoms with Crippen molar-refractivity contribution >= 4 is 78.3 Å². The Labute approximate surface area is 361 Å². The molecule has 18 heteroatoms. The van der Waals surface area contributed by atoms with Crippen LogP contribution in [0.3, 0.4) is 0 Å². The summed E-state index contributed by atoms with van der Waals surface area (Å²) in [4.78, 5) is 25.1. The van der Waals surface area contributed by atoms with Crippen LogP contribution in [0.15, 0.2) is 111 Å². The lowest BCUT2D eigenvalue weighted by atomic mass is 10.0. The molecule has 6 rings (SSSR count). The van der Waals surface area contributed by atoms with Crippen molar-refractivity contribution in [3.05, 3.63) is 102 Å². The Morgan fingerprint density at radius 1 is 0.806 bits per heavy atom. The molecule has 0 fully saturated rings. The maximum atomic E-state index is 13.8. The molecule has 0 bridgehead atoms. The highest BCUT2D eigenvalue weighted by Crippen LogP contribution is 2.47. The summed E-state index contributed by atoms with van der Waals surface area (Å²) >= 11 is 0.325. The van der Waals surface area contributed by atoms with Gasteiger partial charge in [-0.2, -0.15) is 9.45 Å². The van der Waals surface area contributed by atoms with Gasteiger partial charge in [-0.15, -0.1) is 5.11 Å². The van der Waals surface area contributed by atoms with Gasteiger partial charge >= 0.3 is 0 Å². The molecule has 0 saturated carbocycles. The van der Waals surface area contributed by atoms with Crippen LogP contribution in [0, 0.1) is 6.92 Å². The summed E-state index contributed by atoms with van der Waals surface area (Å²) in [5, 5.41) is 51.3. The third-order valence-corrected chi connectivity index (χ3v) is 11.0. The number of nitrogens with zero attached hydrogens (tertiary/aromatic N) is 2. The summed E-state index contributed by atoms with van der Waals surface area (Å²) in [6, 6.07) is 23.2. The smallest absolute Gasteiger partial charge is 0.259 e. The molecule has 4 N–H and O–H groups in total. The van der Waals surface area contributed by atoms with Gasteiger partial charge in [-0.1, -0.05) is 69.4 Å². The molecule has 0 radical (unpaired) electrons. The Morgan fingerprint density at radius 2 is 1.53 bits per heavy atom. The predicted molar refractivity (Wildman–Crippen MR) is 230 cm³/mol. The number of carbonyl (C=O) groups excluding carboxylic acids is 2. The lowest BCUT2D eigenvalue weighted by Crippen LogP contribution is -2.14. The van der Waals surface area contributed by atoms with E-state index in [0.717, 1.165) is 43.9 Å². The maximum Gasteiger partial charge on any atom is 0.259 e. The Balaban J connectivity index is 1.26. The van der Waals surface area contributed by atoms with Gasteiger partial charge in [-0.25, -0.2) is 8.42 Å². The maximum absolute atomic E-state index is 13.8. The van der Waals surface area contributed by atoms with Crippen LogP contribution in [-0.2, 0) is 24.3 Å². The highest BCUT2D eigenvalue weighted by Gasteiger charge is 2.22. The van der Waals surface area contributed by atoms with Crippen molar-refractivity contribution < 1.29 is 56.9 Å². The van der Waals surface area contributed by atoms with Gasteiger partial charge in [0.25, 0.3) is 5.91 Å². The molecule has 0 saturated heterocycles. The number of carbonyl (C=O) groups is 2. The minimum absolute atomic E-state index is 0.0178. The Bertz CT molecular complexity index is 2750. The summed E-state index contributed by atoms with van der Waals surface area (Å²) in [6.07, 6.45) is 6.65. The van der Waals surface area contributed by atoms with Crippen LogP contribution < -0.4 is 25.4 Å². The molecule has 0 aliphatic heterocycles. The van der Waals surface area contributed by atoms with E-state index in [1.54, 1.807) is 36.4 Å². The number of hydrogen-bond acceptors (Lipinski definition) is 15. The number of azo groups is 1. The van der Waals surface area contributed by atoms with Crippen molar-refractivity contribution in [1.29, 1.82) is 0 Å². The fourth-order valence-corrected chi connectivity index (χ4v) is 7.65. The number of anilines is 2. The number of amides is 2. The molecule has 16 nitrogen and oxygen atoms in total. The molecule has 62 heavy (non-hydrogen) atoms. The fraction of sp³-hybridized carbons (Fsp3) is 0.227. The minimum atomic E-state index is -5.00. The van der Waals surface area contributed by atoms with Crippen LogP contribution >= 0.6 is 12.0 Å². The number of unbranched alkanes of at least 4 members (excludes halogenated alkanes) is 5. The monoisotopic (exact) mass is 882 g/mol. The van der Waals surface area contributed by atoms with Crippen molar-refractivity contribution in [3.63, 3.8) is 0 Å². The highest BCUT2D eigenvalue weighted by molar-refractivity contribution is 7.94. The molecule has 0 unspecified atom stereocenters. The molecule has 0 aromatic heterocycles. The molecular formula is C44H42N4O12S2-2. The number of ether oxygens (including phenoxy) is 2. The van der Waals surface area contributed by atoms with Gasteiger partial charge in [-0.05, 0) is 85.0 Å². The van der Waals surface area contributed by atoms with Gasteiger partial charge in [0.15, 0.2) is 5.75 Å². The zero-order chi connectivity index (χ0) is 44.4. The summed E-state index contributed by atoms with van der Waals surface area (Å²) in [7, 11) is -5.00. The van der Waals surface area contributed by atoms with Crippen LogP contribution in [0.4, 0.5) is 22.7 Å². The van der Waals surface area contributed by atoms with Crippen LogP contribution in [-0.4, -0.2) is 41.6 Å². The number of aromatic hydroxyl groups is 2. The molecule has 0 atom stereocenters. The lowest BCUT2D eigenvalue weighted by molar-refractivity contribution is -0.777. The van der Waals surface area contributed by atoms with Crippen molar-refractivity contribution in [2.45, 2.75) is 69.1 Å². The van der Waals surface area contributed by atoms with Crippen LogP contribution in [0.5, 0.6) is 28.7 Å². The second-order valence-corrected chi connectivity index (χ2v) is 16.3. The van der Waals surface area contributed by atoms with Crippen LogP contribution in [0.2, 0.25) is 0 Å². The highest BCUT2D eigenvalue weighted by atomic mass is 32.2. The largest absolute Gasteiger partial charge is 0.744 e. The number of rotatable bonds is 19. The first-order valence-electron chi connectivity index (χ1n) is 19.5. The minimum Gasteiger partial charge on any atom is -0.744 e. The van der Waals surface area contributed by atoms with Crippen molar-refractivity contribution in [1.82, 2.24) is 0 Å². The second-order valence-electron chi connectivity index (χ2n) is 14.2. The lowest BCUT2D eigenvalue weighted by Gasteiger charge is -2.16. The molecule has 0 spiro atoms. The predicted octanol–water partition coefficient (Wildman–Crippen LogP) is 10.0. The summed E-state index contributed by atoms with van der Waals surface area (Å²) in [5.74, 6) is -0.920. The van der Waals surface area contributed by atoms with E-state index in [1.165, 1.54) is 43.5 Å². The standard InChI is InChI=1S/C44H44N4O12S2/c1-4-5-6-7-8-11-20-57-37-19-14-26(2)21-35(37)46-44(52)34-25-38(32-12-9-10-13-33(32)42(34)50)58-30-17-15-29(16-18-30)47-48-41-39(61-60-59-53)23-28-22-31(62(54,55)56)24-36(45-27(3)49)40(28)43(41)51/h9-10,12-19,21-25,50-51,53H,4-8,11,20H2,1-3H3,(H,45,49)(H,46,52)(H,54,55,56)/p-2. The van der Waals surface area contributed by atoms with E-state index in [-0.39, 0.29) is 49.8 Å².